The Labute approximate surface area is 359 Å². The van der Waals surface area contributed by atoms with Gasteiger partial charge in [-0.15, -0.1) is 0 Å². The maximum atomic E-state index is 6.17. The minimum Gasteiger partial charge on any atom is -0.454 e. The standard InChI is InChI=1S/C57H46N4O/c1-5-7-32-57(4,61-49-24-14-9-18-39(49)40-19-10-15-25-50(40)61)38-29-31-52-45(34-38)42-21-11-16-26-51(42)60(52)56(3,6-2)37-28-30-48-44(33-37)41-20-8-13-23-47(41)59(48)55-35-46-43-22-12-17-27-53(43)62-54(46)36-58-55/h5,7-31,33-36H,6,32H2,1-4H3/b7-5+. The molecule has 0 saturated carbocycles. The van der Waals surface area contributed by atoms with Crippen LogP contribution in [0.5, 0.6) is 0 Å². The van der Waals surface area contributed by atoms with E-state index in [0.29, 0.717) is 0 Å². The molecular weight excluding hydrogens is 757 g/mol. The van der Waals surface area contributed by atoms with E-state index < -0.39 is 0 Å². The number of rotatable bonds is 8. The maximum Gasteiger partial charge on any atom is 0.153 e. The summed E-state index contributed by atoms with van der Waals surface area (Å²) in [6.07, 6.45) is 8.14. The van der Waals surface area contributed by atoms with Gasteiger partial charge in [0.15, 0.2) is 5.58 Å². The normalized spacial score (nSPS) is 14.5. The molecule has 0 spiro atoms. The number of furan rings is 1. The van der Waals surface area contributed by atoms with Crippen molar-refractivity contribution >= 4 is 87.4 Å². The second-order valence-electron chi connectivity index (χ2n) is 17.3. The molecule has 0 aliphatic carbocycles. The van der Waals surface area contributed by atoms with Gasteiger partial charge in [0.1, 0.15) is 11.4 Å². The summed E-state index contributed by atoms with van der Waals surface area (Å²) >= 11 is 0. The van der Waals surface area contributed by atoms with Gasteiger partial charge in [-0.2, -0.15) is 0 Å². The summed E-state index contributed by atoms with van der Waals surface area (Å²) in [6.45, 7) is 9.29. The number of aromatic nitrogens is 4. The molecule has 0 aliphatic rings. The number of nitrogens with zero attached hydrogens (tertiary/aromatic N) is 4. The lowest BCUT2D eigenvalue weighted by Crippen LogP contribution is -2.31. The predicted octanol–water partition coefficient (Wildman–Crippen LogP) is 15.2. The van der Waals surface area contributed by atoms with Crippen LogP contribution < -0.4 is 0 Å². The molecule has 62 heavy (non-hydrogen) atoms. The molecule has 0 radical (unpaired) electrons. The molecule has 0 bridgehead atoms. The molecule has 2 atom stereocenters. The first kappa shape index (κ1) is 36.5. The van der Waals surface area contributed by atoms with Crippen molar-refractivity contribution in [2.24, 2.45) is 0 Å². The second kappa shape index (κ2) is 13.6. The maximum absolute atomic E-state index is 6.17. The Hall–Kier alpha value is -7.37. The van der Waals surface area contributed by atoms with Crippen LogP contribution in [0, 0.1) is 0 Å². The number of allylic oxidation sites excluding steroid dienone is 2. The molecule has 5 nitrogen and oxygen atoms in total. The molecule has 2 unspecified atom stereocenters. The third-order valence-electron chi connectivity index (χ3n) is 14.1. The zero-order valence-corrected chi connectivity index (χ0v) is 35.4. The molecule has 5 heterocycles. The Kier molecular flexibility index (Phi) is 7.98. The third kappa shape index (κ3) is 5.05. The van der Waals surface area contributed by atoms with Gasteiger partial charge >= 0.3 is 0 Å². The number of hydrogen-bond donors (Lipinski definition) is 0. The van der Waals surface area contributed by atoms with E-state index in [9.17, 15) is 0 Å². The molecule has 7 aromatic carbocycles. The average Bonchev–Trinajstić information content (AvgIpc) is 4.06. The van der Waals surface area contributed by atoms with E-state index in [2.05, 4.69) is 205 Å². The Morgan fingerprint density at radius 3 is 1.58 bits per heavy atom. The smallest absolute Gasteiger partial charge is 0.153 e. The van der Waals surface area contributed by atoms with Gasteiger partial charge < -0.3 is 13.6 Å². The molecule has 5 aromatic heterocycles. The van der Waals surface area contributed by atoms with Crippen molar-refractivity contribution in [3.63, 3.8) is 0 Å². The van der Waals surface area contributed by atoms with Gasteiger partial charge in [0.25, 0.3) is 0 Å². The first-order chi connectivity index (χ1) is 30.4. The SMILES string of the molecule is C/C=C/CC(C)(c1ccc2c(c1)c1ccccc1n2C(C)(CC)c1ccc2c(c1)c1ccccc1n2-c1cc2c(cn1)oc1ccccc12)n1c2ccccc2c2ccccc21. The molecule has 0 amide bonds. The van der Waals surface area contributed by atoms with Crippen LogP contribution in [0.1, 0.15) is 51.7 Å². The molecule has 12 rings (SSSR count). The van der Waals surface area contributed by atoms with E-state index in [-0.39, 0.29) is 11.1 Å². The summed E-state index contributed by atoms with van der Waals surface area (Å²) in [5, 5.41) is 9.70. The Morgan fingerprint density at radius 1 is 0.484 bits per heavy atom. The van der Waals surface area contributed by atoms with E-state index in [1.165, 1.54) is 65.5 Å². The van der Waals surface area contributed by atoms with Crippen LogP contribution in [-0.2, 0) is 11.1 Å². The van der Waals surface area contributed by atoms with Crippen LogP contribution in [0.4, 0.5) is 0 Å². The highest BCUT2D eigenvalue weighted by Crippen LogP contribution is 2.45. The molecular formula is C57H46N4O. The quantitative estimate of drug-likeness (QED) is 0.144. The molecule has 0 fully saturated rings. The number of benzene rings is 7. The van der Waals surface area contributed by atoms with E-state index in [4.69, 9.17) is 9.40 Å². The largest absolute Gasteiger partial charge is 0.454 e. The van der Waals surface area contributed by atoms with Gasteiger partial charge in [0.05, 0.1) is 28.3 Å². The lowest BCUT2D eigenvalue weighted by Gasteiger charge is -2.35. The van der Waals surface area contributed by atoms with E-state index >= 15 is 0 Å². The summed E-state index contributed by atoms with van der Waals surface area (Å²) in [5.41, 5.74) is 10.8. The van der Waals surface area contributed by atoms with Crippen molar-refractivity contribution in [2.75, 3.05) is 0 Å². The van der Waals surface area contributed by atoms with Gasteiger partial charge in [0, 0.05) is 65.2 Å². The topological polar surface area (TPSA) is 40.8 Å². The molecule has 0 aliphatic heterocycles. The fourth-order valence-electron chi connectivity index (χ4n) is 10.8. The van der Waals surface area contributed by atoms with Crippen molar-refractivity contribution in [1.29, 1.82) is 0 Å². The second-order valence-corrected chi connectivity index (χ2v) is 17.3. The minimum atomic E-state index is -0.367. The van der Waals surface area contributed by atoms with Gasteiger partial charge in [-0.25, -0.2) is 4.98 Å². The van der Waals surface area contributed by atoms with E-state index in [1.54, 1.807) is 0 Å². The highest BCUT2D eigenvalue weighted by Gasteiger charge is 2.34. The molecule has 0 saturated heterocycles. The van der Waals surface area contributed by atoms with Crippen LogP contribution in [0.3, 0.4) is 0 Å². The van der Waals surface area contributed by atoms with Crippen LogP contribution in [0.2, 0.25) is 0 Å². The van der Waals surface area contributed by atoms with Gasteiger partial charge in [0.2, 0.25) is 0 Å². The van der Waals surface area contributed by atoms with Crippen molar-refractivity contribution in [3.05, 3.63) is 193 Å². The first-order valence-electron chi connectivity index (χ1n) is 21.9. The fourth-order valence-corrected chi connectivity index (χ4v) is 10.8. The third-order valence-corrected chi connectivity index (χ3v) is 14.1. The summed E-state index contributed by atoms with van der Waals surface area (Å²) in [5.74, 6) is 0.877. The molecule has 12 aromatic rings. The van der Waals surface area contributed by atoms with Gasteiger partial charge in [-0.3, -0.25) is 4.57 Å². The van der Waals surface area contributed by atoms with Crippen molar-refractivity contribution in [2.45, 2.75) is 51.6 Å². The van der Waals surface area contributed by atoms with Crippen LogP contribution in [0.15, 0.2) is 187 Å². The van der Waals surface area contributed by atoms with Gasteiger partial charge in [-0.1, -0.05) is 122 Å². The number of hydrogen-bond acceptors (Lipinski definition) is 2. The highest BCUT2D eigenvalue weighted by molar-refractivity contribution is 6.12. The van der Waals surface area contributed by atoms with E-state index in [1.807, 2.05) is 18.3 Å². The molecule has 5 heteroatoms. The number of fused-ring (bicyclic) bond motifs is 12. The lowest BCUT2D eigenvalue weighted by atomic mass is 9.86. The van der Waals surface area contributed by atoms with Crippen molar-refractivity contribution in [3.8, 4) is 5.82 Å². The van der Waals surface area contributed by atoms with Crippen LogP contribution in [-0.4, -0.2) is 18.7 Å². The predicted molar refractivity (Wildman–Crippen MR) is 260 cm³/mol. The Morgan fingerprint density at radius 2 is 0.952 bits per heavy atom. The summed E-state index contributed by atoms with van der Waals surface area (Å²) < 4.78 is 13.7. The molecule has 300 valence electrons. The average molecular weight is 803 g/mol. The number of para-hydroxylation sites is 5. The Balaban J connectivity index is 1.05. The van der Waals surface area contributed by atoms with Crippen LogP contribution >= 0.6 is 0 Å². The van der Waals surface area contributed by atoms with Crippen molar-refractivity contribution < 1.29 is 4.42 Å². The summed E-state index contributed by atoms with van der Waals surface area (Å²) in [4.78, 5) is 4.99. The lowest BCUT2D eigenvalue weighted by molar-refractivity contribution is 0.402. The summed E-state index contributed by atoms with van der Waals surface area (Å²) in [6, 6.07) is 60.2. The zero-order valence-electron chi connectivity index (χ0n) is 35.4. The zero-order chi connectivity index (χ0) is 41.7. The van der Waals surface area contributed by atoms with E-state index in [0.717, 1.165) is 51.6 Å². The minimum absolute atomic E-state index is 0.357. The Bertz CT molecular complexity index is 3730. The van der Waals surface area contributed by atoms with Crippen molar-refractivity contribution in [1.82, 2.24) is 18.7 Å². The van der Waals surface area contributed by atoms with Gasteiger partial charge in [-0.05, 0) is 105 Å². The summed E-state index contributed by atoms with van der Waals surface area (Å²) in [7, 11) is 0. The number of pyridine rings is 1. The van der Waals surface area contributed by atoms with Crippen LogP contribution in [0.25, 0.3) is 93.2 Å². The first-order valence-corrected chi connectivity index (χ1v) is 21.9. The molecule has 0 N–H and O–H groups in total. The fraction of sp³-hybridized carbons (Fsp3) is 0.140. The monoisotopic (exact) mass is 802 g/mol. The highest BCUT2D eigenvalue weighted by atomic mass is 16.3.